The Labute approximate surface area is 89.5 Å². The van der Waals surface area contributed by atoms with Gasteiger partial charge in [-0.1, -0.05) is 0 Å². The minimum absolute atomic E-state index is 0.125. The molecule has 1 aromatic carbocycles. The zero-order valence-electron chi connectivity index (χ0n) is 8.38. The van der Waals surface area contributed by atoms with E-state index in [0.717, 1.165) is 4.68 Å². The van der Waals surface area contributed by atoms with Gasteiger partial charge in [-0.2, -0.15) is 0 Å². The van der Waals surface area contributed by atoms with E-state index in [4.69, 9.17) is 0 Å². The van der Waals surface area contributed by atoms with Crippen molar-refractivity contribution in [2.24, 2.45) is 0 Å². The molecule has 0 radical (unpaired) electrons. The molecule has 0 saturated carbocycles. The highest BCUT2D eigenvalue weighted by molar-refractivity contribution is 5.79. The largest absolute Gasteiger partial charge is 0.325 e. The lowest BCUT2D eigenvalue weighted by atomic mass is 10.2. The lowest BCUT2D eigenvalue weighted by molar-refractivity contribution is -0.384. The van der Waals surface area contributed by atoms with Crippen LogP contribution in [0.3, 0.4) is 0 Å². The van der Waals surface area contributed by atoms with Gasteiger partial charge in [0, 0.05) is 19.2 Å². The van der Waals surface area contributed by atoms with Crippen molar-refractivity contribution in [3.05, 3.63) is 45.0 Å². The molecule has 1 heterocycles. The van der Waals surface area contributed by atoms with Gasteiger partial charge in [-0.15, -0.1) is 0 Å². The Balaban J connectivity index is 2.79. The smallest absolute Gasteiger partial charge is 0.279 e. The normalized spacial score (nSPS) is 10.3. The van der Waals surface area contributed by atoms with Gasteiger partial charge in [0.1, 0.15) is 6.33 Å². The topological polar surface area (TPSA) is 90.1 Å². The van der Waals surface area contributed by atoms with E-state index < -0.39 is 4.92 Å². The first-order chi connectivity index (χ1) is 7.63. The molecule has 2 rings (SSSR count). The maximum atomic E-state index is 11.8. The van der Waals surface area contributed by atoms with Crippen LogP contribution in [0.1, 0.15) is 0 Å². The molecule has 2 aromatic rings. The number of non-ortho nitro benzene ring substituents is 1. The second kappa shape index (κ2) is 3.61. The van der Waals surface area contributed by atoms with Crippen LogP contribution in [0.25, 0.3) is 10.9 Å². The minimum atomic E-state index is -0.546. The third-order valence-corrected chi connectivity index (χ3v) is 2.19. The lowest BCUT2D eigenvalue weighted by Crippen LogP contribution is -2.26. The number of fused-ring (bicyclic) bond motifs is 1. The Hall–Kier alpha value is -2.44. The molecule has 1 aromatic heterocycles. The van der Waals surface area contributed by atoms with Crippen LogP contribution in [-0.2, 0) is 0 Å². The molecule has 7 heteroatoms. The zero-order chi connectivity index (χ0) is 11.7. The van der Waals surface area contributed by atoms with Gasteiger partial charge in [0.25, 0.3) is 11.2 Å². The maximum absolute atomic E-state index is 11.8. The van der Waals surface area contributed by atoms with E-state index in [9.17, 15) is 14.9 Å². The fourth-order valence-corrected chi connectivity index (χ4v) is 1.38. The predicted octanol–water partition coefficient (Wildman–Crippen LogP) is 0.478. The minimum Gasteiger partial charge on any atom is -0.325 e. The Morgan fingerprint density at radius 2 is 2.25 bits per heavy atom. The summed E-state index contributed by atoms with van der Waals surface area (Å²) >= 11 is 0. The molecule has 0 spiro atoms. The summed E-state index contributed by atoms with van der Waals surface area (Å²) in [5.41, 5.74) is 2.55. The SMILES string of the molecule is CNn1cnc2ccc([N+](=O)[O-])cc2c1=O. The van der Waals surface area contributed by atoms with Gasteiger partial charge in [0.05, 0.1) is 15.8 Å². The van der Waals surface area contributed by atoms with Crippen LogP contribution in [0.2, 0.25) is 0 Å². The Kier molecular flexibility index (Phi) is 2.28. The van der Waals surface area contributed by atoms with Crippen LogP contribution < -0.4 is 11.0 Å². The summed E-state index contributed by atoms with van der Waals surface area (Å²) in [5.74, 6) is 0. The van der Waals surface area contributed by atoms with Crippen molar-refractivity contribution in [2.75, 3.05) is 12.5 Å². The number of hydrogen-bond acceptors (Lipinski definition) is 5. The van der Waals surface area contributed by atoms with Gasteiger partial charge >= 0.3 is 0 Å². The van der Waals surface area contributed by atoms with Crippen LogP contribution in [0.15, 0.2) is 29.3 Å². The fourth-order valence-electron chi connectivity index (χ4n) is 1.38. The number of nitrogens with one attached hydrogen (secondary N) is 1. The summed E-state index contributed by atoms with van der Waals surface area (Å²) in [5, 5.41) is 10.8. The summed E-state index contributed by atoms with van der Waals surface area (Å²) < 4.78 is 1.16. The Bertz CT molecular complexity index is 620. The van der Waals surface area contributed by atoms with Crippen molar-refractivity contribution in [3.8, 4) is 0 Å². The van der Waals surface area contributed by atoms with E-state index >= 15 is 0 Å². The zero-order valence-corrected chi connectivity index (χ0v) is 8.38. The van der Waals surface area contributed by atoms with Crippen molar-refractivity contribution in [3.63, 3.8) is 0 Å². The van der Waals surface area contributed by atoms with Crippen molar-refractivity contribution in [2.45, 2.75) is 0 Å². The average molecular weight is 220 g/mol. The quantitative estimate of drug-likeness (QED) is 0.587. The average Bonchev–Trinajstić information content (AvgIpc) is 2.29. The van der Waals surface area contributed by atoms with Crippen LogP contribution in [0.5, 0.6) is 0 Å². The molecule has 0 aliphatic heterocycles. The maximum Gasteiger partial charge on any atom is 0.279 e. The molecular formula is C9H8N4O3. The van der Waals surface area contributed by atoms with Gasteiger partial charge in [-0.25, -0.2) is 9.66 Å². The van der Waals surface area contributed by atoms with Crippen molar-refractivity contribution in [1.29, 1.82) is 0 Å². The number of nitrogens with zero attached hydrogens (tertiary/aromatic N) is 3. The Morgan fingerprint density at radius 3 is 2.88 bits per heavy atom. The van der Waals surface area contributed by atoms with E-state index in [1.165, 1.54) is 24.5 Å². The molecule has 7 nitrogen and oxygen atoms in total. The monoisotopic (exact) mass is 220 g/mol. The first-order valence-corrected chi connectivity index (χ1v) is 4.47. The molecule has 0 amide bonds. The van der Waals surface area contributed by atoms with Gasteiger partial charge in [-0.3, -0.25) is 14.9 Å². The molecule has 16 heavy (non-hydrogen) atoms. The standard InChI is InChI=1S/C9H8N4O3/c1-10-12-5-11-8-3-2-6(13(15)16)4-7(8)9(12)14/h2-5,10H,1H3. The van der Waals surface area contributed by atoms with E-state index in [2.05, 4.69) is 10.4 Å². The van der Waals surface area contributed by atoms with Gasteiger partial charge in [0.15, 0.2) is 0 Å². The molecule has 0 aliphatic carbocycles. The molecule has 0 fully saturated rings. The summed E-state index contributed by atoms with van der Waals surface area (Å²) in [6, 6.07) is 3.99. The van der Waals surface area contributed by atoms with Gasteiger partial charge in [-0.05, 0) is 6.07 Å². The molecule has 0 atom stereocenters. The first kappa shape index (κ1) is 10.1. The van der Waals surface area contributed by atoms with Crippen LogP contribution in [0.4, 0.5) is 5.69 Å². The van der Waals surface area contributed by atoms with E-state index in [-0.39, 0.29) is 16.6 Å². The second-order valence-electron chi connectivity index (χ2n) is 3.10. The molecule has 82 valence electrons. The first-order valence-electron chi connectivity index (χ1n) is 4.47. The van der Waals surface area contributed by atoms with Crippen LogP contribution in [0, 0.1) is 10.1 Å². The third kappa shape index (κ3) is 1.48. The number of nitro groups is 1. The fraction of sp³-hybridized carbons (Fsp3) is 0.111. The second-order valence-corrected chi connectivity index (χ2v) is 3.10. The summed E-state index contributed by atoms with van der Waals surface area (Å²) in [6.45, 7) is 0. The van der Waals surface area contributed by atoms with Crippen molar-refractivity contribution >= 4 is 16.6 Å². The highest BCUT2D eigenvalue weighted by Crippen LogP contribution is 2.15. The van der Waals surface area contributed by atoms with Crippen LogP contribution in [-0.4, -0.2) is 21.6 Å². The highest BCUT2D eigenvalue weighted by Gasteiger charge is 2.10. The molecule has 0 aliphatic rings. The van der Waals surface area contributed by atoms with E-state index in [1.54, 1.807) is 7.05 Å². The van der Waals surface area contributed by atoms with Gasteiger partial charge in [0.2, 0.25) is 0 Å². The molecular weight excluding hydrogens is 212 g/mol. The number of rotatable bonds is 2. The summed E-state index contributed by atoms with van der Waals surface area (Å²) in [4.78, 5) is 25.8. The molecule has 0 bridgehead atoms. The van der Waals surface area contributed by atoms with Crippen molar-refractivity contribution < 1.29 is 4.92 Å². The number of benzene rings is 1. The molecule has 0 saturated heterocycles. The summed E-state index contributed by atoms with van der Waals surface area (Å²) in [6.07, 6.45) is 1.33. The van der Waals surface area contributed by atoms with Gasteiger partial charge < -0.3 is 5.43 Å². The third-order valence-electron chi connectivity index (χ3n) is 2.19. The predicted molar refractivity (Wildman–Crippen MR) is 57.9 cm³/mol. The van der Waals surface area contributed by atoms with Crippen molar-refractivity contribution in [1.82, 2.24) is 9.66 Å². The number of nitro benzene ring substituents is 1. The van der Waals surface area contributed by atoms with E-state index in [1.807, 2.05) is 0 Å². The molecule has 1 N–H and O–H groups in total. The van der Waals surface area contributed by atoms with E-state index in [0.29, 0.717) is 5.52 Å². The lowest BCUT2D eigenvalue weighted by Gasteiger charge is -2.04. The number of aromatic nitrogens is 2. The Morgan fingerprint density at radius 1 is 1.50 bits per heavy atom. The van der Waals surface area contributed by atoms with Crippen LogP contribution >= 0.6 is 0 Å². The highest BCUT2D eigenvalue weighted by atomic mass is 16.6. The molecule has 0 unspecified atom stereocenters. The summed E-state index contributed by atoms with van der Waals surface area (Å²) in [7, 11) is 1.56. The number of hydrogen-bond donors (Lipinski definition) is 1.